The van der Waals surface area contributed by atoms with Crippen LogP contribution >= 0.6 is 0 Å². The van der Waals surface area contributed by atoms with E-state index in [-0.39, 0.29) is 59.7 Å². The second kappa shape index (κ2) is 12.7. The van der Waals surface area contributed by atoms with Gasteiger partial charge >= 0.3 is 0 Å². The van der Waals surface area contributed by atoms with Crippen LogP contribution in [0.5, 0.6) is 0 Å². The van der Waals surface area contributed by atoms with Crippen molar-refractivity contribution in [1.29, 1.82) is 0 Å². The number of methoxy groups -OCH3 is 1. The SMILES string of the molecule is COCCNC(=O)C[C@H](O)C[C@H](O)CCNC(=O)c1ccc2nc(-c3c(N)c4c(F)cccc4[nH]c3=O)[nH]c2c1. The van der Waals surface area contributed by atoms with Gasteiger partial charge < -0.3 is 41.3 Å². The lowest BCUT2D eigenvalue weighted by molar-refractivity contribution is -0.123. The Hall–Kier alpha value is -4.33. The minimum Gasteiger partial charge on any atom is -0.397 e. The zero-order valence-electron chi connectivity index (χ0n) is 21.8. The predicted molar refractivity (Wildman–Crippen MR) is 147 cm³/mol. The molecule has 2 aromatic heterocycles. The summed E-state index contributed by atoms with van der Waals surface area (Å²) in [6, 6.07) is 8.97. The van der Waals surface area contributed by atoms with Crippen molar-refractivity contribution in [3.05, 3.63) is 58.1 Å². The summed E-state index contributed by atoms with van der Waals surface area (Å²) in [5.74, 6) is -1.20. The second-order valence-corrected chi connectivity index (χ2v) is 9.36. The van der Waals surface area contributed by atoms with Crippen LogP contribution in [-0.2, 0) is 9.53 Å². The Morgan fingerprint density at radius 3 is 2.67 bits per heavy atom. The molecule has 4 aromatic rings. The third-order valence-electron chi connectivity index (χ3n) is 6.37. The van der Waals surface area contributed by atoms with Gasteiger partial charge in [-0.25, -0.2) is 9.37 Å². The number of imidazole rings is 1. The smallest absolute Gasteiger partial charge is 0.261 e. The third kappa shape index (κ3) is 6.62. The van der Waals surface area contributed by atoms with Crippen LogP contribution in [0.15, 0.2) is 41.2 Å². The van der Waals surface area contributed by atoms with Crippen molar-refractivity contribution in [1.82, 2.24) is 25.6 Å². The van der Waals surface area contributed by atoms with Crippen molar-refractivity contribution in [3.8, 4) is 11.4 Å². The number of nitrogens with zero attached hydrogens (tertiary/aromatic N) is 1. The van der Waals surface area contributed by atoms with Gasteiger partial charge in [0.1, 0.15) is 17.2 Å². The summed E-state index contributed by atoms with van der Waals surface area (Å²) in [5, 5.41) is 25.6. The van der Waals surface area contributed by atoms with Crippen LogP contribution in [0.25, 0.3) is 33.3 Å². The fourth-order valence-corrected chi connectivity index (χ4v) is 4.39. The topological polar surface area (TPSA) is 195 Å². The number of benzene rings is 2. The van der Waals surface area contributed by atoms with Gasteiger partial charge in [-0.15, -0.1) is 0 Å². The van der Waals surface area contributed by atoms with Gasteiger partial charge in [-0.1, -0.05) is 6.07 Å². The number of carbonyl (C=O) groups is 2. The summed E-state index contributed by atoms with van der Waals surface area (Å²) in [7, 11) is 1.51. The van der Waals surface area contributed by atoms with Gasteiger partial charge in [0.2, 0.25) is 5.91 Å². The molecule has 0 unspecified atom stereocenters. The minimum absolute atomic E-state index is 0.0107. The monoisotopic (exact) mass is 554 g/mol. The molecule has 2 atom stereocenters. The molecule has 12 nitrogen and oxygen atoms in total. The molecule has 2 amide bonds. The van der Waals surface area contributed by atoms with Crippen LogP contribution in [-0.4, -0.2) is 76.0 Å². The first-order chi connectivity index (χ1) is 19.2. The summed E-state index contributed by atoms with van der Waals surface area (Å²) in [5.41, 5.74) is 7.06. The number of carbonyl (C=O) groups excluding carboxylic acids is 2. The molecule has 212 valence electrons. The lowest BCUT2D eigenvalue weighted by Crippen LogP contribution is -2.32. The normalized spacial score (nSPS) is 12.9. The maximum Gasteiger partial charge on any atom is 0.261 e. The Labute approximate surface area is 227 Å². The average molecular weight is 555 g/mol. The molecule has 0 saturated carbocycles. The summed E-state index contributed by atoms with van der Waals surface area (Å²) in [6.07, 6.45) is -1.94. The van der Waals surface area contributed by atoms with Gasteiger partial charge in [0.15, 0.2) is 0 Å². The maximum absolute atomic E-state index is 14.4. The Morgan fingerprint density at radius 2 is 1.90 bits per heavy atom. The number of ether oxygens (including phenoxy) is 1. The number of nitrogens with one attached hydrogen (secondary N) is 4. The highest BCUT2D eigenvalue weighted by Gasteiger charge is 2.19. The van der Waals surface area contributed by atoms with Gasteiger partial charge in [-0.3, -0.25) is 14.4 Å². The molecule has 0 fully saturated rings. The van der Waals surface area contributed by atoms with E-state index in [1.165, 1.54) is 19.2 Å². The number of nitrogens with two attached hydrogens (primary N) is 1. The van der Waals surface area contributed by atoms with Crippen LogP contribution < -0.4 is 21.9 Å². The molecule has 0 radical (unpaired) electrons. The zero-order chi connectivity index (χ0) is 28.8. The Balaban J connectivity index is 1.37. The van der Waals surface area contributed by atoms with Crippen molar-refractivity contribution >= 4 is 39.4 Å². The molecular weight excluding hydrogens is 523 g/mol. The number of rotatable bonds is 12. The molecule has 40 heavy (non-hydrogen) atoms. The number of halogens is 1. The molecule has 0 saturated heterocycles. The first-order valence-corrected chi connectivity index (χ1v) is 12.7. The van der Waals surface area contributed by atoms with Crippen molar-refractivity contribution in [2.75, 3.05) is 32.5 Å². The number of pyridine rings is 1. The van der Waals surface area contributed by atoms with Gasteiger partial charge in [0.05, 0.1) is 52.9 Å². The van der Waals surface area contributed by atoms with Gasteiger partial charge in [-0.2, -0.15) is 0 Å². The third-order valence-corrected chi connectivity index (χ3v) is 6.37. The fraction of sp³-hybridized carbons (Fsp3) is 0.333. The summed E-state index contributed by atoms with van der Waals surface area (Å²) in [6.45, 7) is 0.824. The molecule has 4 rings (SSSR count). The maximum atomic E-state index is 14.4. The number of nitrogen functional groups attached to an aromatic ring is 1. The molecule has 0 aliphatic rings. The van der Waals surface area contributed by atoms with Crippen LogP contribution in [0.3, 0.4) is 0 Å². The molecular formula is C27H31FN6O6. The van der Waals surface area contributed by atoms with E-state index in [4.69, 9.17) is 10.5 Å². The summed E-state index contributed by atoms with van der Waals surface area (Å²) in [4.78, 5) is 47.1. The number of amides is 2. The molecule has 0 aliphatic carbocycles. The van der Waals surface area contributed by atoms with Crippen LogP contribution in [0.4, 0.5) is 10.1 Å². The van der Waals surface area contributed by atoms with Crippen molar-refractivity contribution in [3.63, 3.8) is 0 Å². The minimum atomic E-state index is -1.02. The average Bonchev–Trinajstić information content (AvgIpc) is 3.31. The van der Waals surface area contributed by atoms with Crippen molar-refractivity contribution in [2.24, 2.45) is 0 Å². The van der Waals surface area contributed by atoms with Crippen LogP contribution in [0.2, 0.25) is 0 Å². The van der Waals surface area contributed by atoms with E-state index in [1.54, 1.807) is 24.3 Å². The van der Waals surface area contributed by atoms with E-state index < -0.39 is 29.5 Å². The Kier molecular flexibility index (Phi) is 9.09. The number of H-pyrrole nitrogens is 2. The number of fused-ring (bicyclic) bond motifs is 2. The van der Waals surface area contributed by atoms with E-state index in [9.17, 15) is 29.0 Å². The molecule has 0 aliphatic heterocycles. The van der Waals surface area contributed by atoms with Gasteiger partial charge in [0.25, 0.3) is 11.5 Å². The van der Waals surface area contributed by atoms with E-state index in [0.29, 0.717) is 29.7 Å². The molecule has 2 aromatic carbocycles. The summed E-state index contributed by atoms with van der Waals surface area (Å²) < 4.78 is 19.2. The van der Waals surface area contributed by atoms with Gasteiger partial charge in [0, 0.05) is 25.8 Å². The number of aliphatic hydroxyl groups is 2. The number of aliphatic hydroxyl groups excluding tert-OH is 2. The Morgan fingerprint density at radius 1 is 1.10 bits per heavy atom. The predicted octanol–water partition coefficient (Wildman–Crippen LogP) is 1.18. The molecule has 13 heteroatoms. The Bertz CT molecular complexity index is 1590. The molecule has 0 bridgehead atoms. The quantitative estimate of drug-likeness (QED) is 0.127. The molecule has 0 spiro atoms. The van der Waals surface area contributed by atoms with E-state index in [2.05, 4.69) is 25.6 Å². The lowest BCUT2D eigenvalue weighted by Gasteiger charge is -2.16. The highest BCUT2D eigenvalue weighted by molar-refractivity contribution is 6.00. The van der Waals surface area contributed by atoms with E-state index in [0.717, 1.165) is 0 Å². The largest absolute Gasteiger partial charge is 0.397 e. The van der Waals surface area contributed by atoms with Crippen LogP contribution in [0.1, 0.15) is 29.6 Å². The zero-order valence-corrected chi connectivity index (χ0v) is 21.8. The first kappa shape index (κ1) is 28.7. The van der Waals surface area contributed by atoms with Crippen molar-refractivity contribution in [2.45, 2.75) is 31.5 Å². The number of anilines is 1. The lowest BCUT2D eigenvalue weighted by atomic mass is 10.1. The standard InChI is InChI=1S/C27H31FN6O6/c1-40-10-9-30-21(37)13-16(36)12-15(35)7-8-31-26(38)14-5-6-18-20(11-14)33-25(32-18)23-24(29)22-17(28)3-2-4-19(22)34-27(23)39/h2-6,11,15-16,35-36H,7-10,12-13H2,1H3,(H,30,37)(H,31,38)(H,32,33)(H3,29,34,39)/t15-,16-/m1/s1. The van der Waals surface area contributed by atoms with Crippen molar-refractivity contribution < 1.29 is 28.9 Å². The second-order valence-electron chi connectivity index (χ2n) is 9.36. The van der Waals surface area contributed by atoms with E-state index >= 15 is 0 Å². The fourth-order valence-electron chi connectivity index (χ4n) is 4.39. The molecule has 2 heterocycles. The highest BCUT2D eigenvalue weighted by Crippen LogP contribution is 2.30. The number of aromatic nitrogens is 3. The van der Waals surface area contributed by atoms with Gasteiger partial charge in [-0.05, 0) is 43.2 Å². The number of hydrogen-bond acceptors (Lipinski definition) is 8. The number of aromatic amines is 2. The highest BCUT2D eigenvalue weighted by atomic mass is 19.1. The number of hydrogen-bond donors (Lipinski definition) is 7. The van der Waals surface area contributed by atoms with E-state index in [1.807, 2.05) is 0 Å². The molecule has 8 N–H and O–H groups in total. The first-order valence-electron chi connectivity index (χ1n) is 12.7. The summed E-state index contributed by atoms with van der Waals surface area (Å²) >= 11 is 0. The van der Waals surface area contributed by atoms with Crippen LogP contribution in [0, 0.1) is 5.82 Å².